The van der Waals surface area contributed by atoms with Crippen molar-refractivity contribution in [3.05, 3.63) is 71.8 Å². The number of esters is 1. The third-order valence-electron chi connectivity index (χ3n) is 3.94. The quantitative estimate of drug-likeness (QED) is 0.522. The fraction of sp³-hybridized carbons (Fsp3) is 0.200. The minimum atomic E-state index is -3.67. The van der Waals surface area contributed by atoms with Crippen LogP contribution in [-0.2, 0) is 19.6 Å². The Hall–Kier alpha value is -2.97. The van der Waals surface area contributed by atoms with Crippen LogP contribution in [0, 0.1) is 13.8 Å². The summed E-state index contributed by atoms with van der Waals surface area (Å²) in [5, 5.41) is 2.65. The summed E-state index contributed by atoms with van der Waals surface area (Å²) in [5.74, 6) is -1.19. The predicted molar refractivity (Wildman–Crippen MR) is 107 cm³/mol. The average Bonchev–Trinajstić information content (AvgIpc) is 2.67. The first-order chi connectivity index (χ1) is 13.2. The van der Waals surface area contributed by atoms with Crippen molar-refractivity contribution in [3.63, 3.8) is 0 Å². The van der Waals surface area contributed by atoms with E-state index in [-0.39, 0.29) is 17.0 Å². The summed E-state index contributed by atoms with van der Waals surface area (Å²) in [7, 11) is -3.67. The lowest BCUT2D eigenvalue weighted by atomic mass is 10.1. The van der Waals surface area contributed by atoms with Crippen LogP contribution in [0.1, 0.15) is 21.5 Å². The van der Waals surface area contributed by atoms with Gasteiger partial charge in [0.1, 0.15) is 0 Å². The normalized spacial score (nSPS) is 10.9. The van der Waals surface area contributed by atoms with Crippen molar-refractivity contribution in [2.45, 2.75) is 18.7 Å². The van der Waals surface area contributed by atoms with Gasteiger partial charge in [-0.2, -0.15) is 0 Å². The molecule has 2 N–H and O–H groups in total. The van der Waals surface area contributed by atoms with Crippen molar-refractivity contribution in [3.8, 4) is 0 Å². The van der Waals surface area contributed by atoms with Gasteiger partial charge in [0.25, 0.3) is 5.91 Å². The van der Waals surface area contributed by atoms with E-state index in [1.807, 2.05) is 26.0 Å². The molecule has 0 aliphatic heterocycles. The van der Waals surface area contributed by atoms with E-state index < -0.39 is 28.5 Å². The number of aryl methyl sites for hydroxylation is 2. The number of benzene rings is 2. The molecule has 0 saturated carbocycles. The van der Waals surface area contributed by atoms with Gasteiger partial charge in [-0.3, -0.25) is 4.79 Å². The molecule has 0 fully saturated rings. The van der Waals surface area contributed by atoms with E-state index in [4.69, 9.17) is 4.74 Å². The molecule has 0 spiro atoms. The van der Waals surface area contributed by atoms with Crippen molar-refractivity contribution < 1.29 is 22.7 Å². The summed E-state index contributed by atoms with van der Waals surface area (Å²) in [5.41, 5.74) is 2.90. The Kier molecular flexibility index (Phi) is 7.08. The third kappa shape index (κ3) is 5.77. The minimum absolute atomic E-state index is 0.0124. The minimum Gasteiger partial charge on any atom is -0.452 e. The lowest BCUT2D eigenvalue weighted by Crippen LogP contribution is -2.23. The Morgan fingerprint density at radius 1 is 1.07 bits per heavy atom. The molecule has 28 heavy (non-hydrogen) atoms. The van der Waals surface area contributed by atoms with Crippen LogP contribution < -0.4 is 10.0 Å². The van der Waals surface area contributed by atoms with Crippen LogP contribution in [0.5, 0.6) is 0 Å². The van der Waals surface area contributed by atoms with Crippen LogP contribution >= 0.6 is 0 Å². The summed E-state index contributed by atoms with van der Waals surface area (Å²) < 4.78 is 31.3. The molecule has 0 aliphatic carbocycles. The number of anilines is 1. The van der Waals surface area contributed by atoms with Crippen molar-refractivity contribution in [2.24, 2.45) is 0 Å². The molecule has 2 rings (SSSR count). The van der Waals surface area contributed by atoms with E-state index in [0.717, 1.165) is 11.1 Å². The van der Waals surface area contributed by atoms with Crippen LogP contribution in [-0.4, -0.2) is 33.4 Å². The molecule has 0 heterocycles. The Morgan fingerprint density at radius 3 is 2.36 bits per heavy atom. The highest BCUT2D eigenvalue weighted by Gasteiger charge is 2.15. The molecule has 0 bridgehead atoms. The van der Waals surface area contributed by atoms with E-state index in [9.17, 15) is 18.0 Å². The zero-order chi connectivity index (χ0) is 20.7. The van der Waals surface area contributed by atoms with E-state index >= 15 is 0 Å². The molecule has 0 saturated heterocycles. The standard InChI is InChI=1S/C20H22N2O5S/c1-4-11-21-28(25,26)18-9-6-16(7-10-18)20(24)27-13-19(23)22-17-8-5-14(2)15(3)12-17/h4-10,12,21H,1,11,13H2,2-3H3,(H,22,23). The highest BCUT2D eigenvalue weighted by molar-refractivity contribution is 7.89. The van der Waals surface area contributed by atoms with Gasteiger partial charge in [0.15, 0.2) is 6.61 Å². The van der Waals surface area contributed by atoms with Gasteiger partial charge in [0, 0.05) is 12.2 Å². The fourth-order valence-corrected chi connectivity index (χ4v) is 3.25. The molecular weight excluding hydrogens is 380 g/mol. The summed E-state index contributed by atoms with van der Waals surface area (Å²) >= 11 is 0. The Morgan fingerprint density at radius 2 is 1.75 bits per heavy atom. The van der Waals surface area contributed by atoms with Gasteiger partial charge >= 0.3 is 5.97 Å². The molecule has 1 amide bonds. The Labute approximate surface area is 164 Å². The second kappa shape index (κ2) is 9.29. The van der Waals surface area contributed by atoms with Crippen LogP contribution in [0.4, 0.5) is 5.69 Å². The molecule has 7 nitrogen and oxygen atoms in total. The van der Waals surface area contributed by atoms with E-state index in [1.165, 1.54) is 30.3 Å². The number of carbonyl (C=O) groups excluding carboxylic acids is 2. The highest BCUT2D eigenvalue weighted by Crippen LogP contribution is 2.14. The van der Waals surface area contributed by atoms with Gasteiger partial charge in [0.05, 0.1) is 10.5 Å². The molecule has 2 aromatic rings. The third-order valence-corrected chi connectivity index (χ3v) is 5.38. The van der Waals surface area contributed by atoms with Crippen molar-refractivity contribution in [1.82, 2.24) is 4.72 Å². The van der Waals surface area contributed by atoms with Crippen LogP contribution in [0.2, 0.25) is 0 Å². The molecule has 2 aromatic carbocycles. The monoisotopic (exact) mass is 402 g/mol. The Balaban J connectivity index is 1.92. The summed E-state index contributed by atoms with van der Waals surface area (Å²) in [6.07, 6.45) is 1.42. The smallest absolute Gasteiger partial charge is 0.338 e. The van der Waals surface area contributed by atoms with Gasteiger partial charge in [-0.05, 0) is 61.4 Å². The number of carbonyl (C=O) groups is 2. The SMILES string of the molecule is C=CCNS(=O)(=O)c1ccc(C(=O)OCC(=O)Nc2ccc(C)c(C)c2)cc1. The van der Waals surface area contributed by atoms with Crippen molar-refractivity contribution in [2.75, 3.05) is 18.5 Å². The predicted octanol–water partition coefficient (Wildman–Crippen LogP) is 2.56. The second-order valence-electron chi connectivity index (χ2n) is 6.09. The first-order valence-electron chi connectivity index (χ1n) is 8.48. The molecular formula is C20H22N2O5S. The molecule has 0 radical (unpaired) electrons. The first kappa shape index (κ1) is 21.3. The van der Waals surface area contributed by atoms with E-state index in [2.05, 4.69) is 16.6 Å². The molecule has 0 aliphatic rings. The lowest BCUT2D eigenvalue weighted by molar-refractivity contribution is -0.119. The topological polar surface area (TPSA) is 102 Å². The zero-order valence-corrected chi connectivity index (χ0v) is 16.5. The number of hydrogen-bond acceptors (Lipinski definition) is 5. The fourth-order valence-electron chi connectivity index (χ4n) is 2.25. The summed E-state index contributed by atoms with van der Waals surface area (Å²) in [6.45, 7) is 6.99. The van der Waals surface area contributed by atoms with E-state index in [1.54, 1.807) is 6.07 Å². The maximum absolute atomic E-state index is 12.1. The van der Waals surface area contributed by atoms with Gasteiger partial charge < -0.3 is 10.1 Å². The maximum atomic E-state index is 12.1. The van der Waals surface area contributed by atoms with Crippen LogP contribution in [0.15, 0.2) is 60.0 Å². The van der Waals surface area contributed by atoms with Crippen LogP contribution in [0.3, 0.4) is 0 Å². The van der Waals surface area contributed by atoms with Gasteiger partial charge in [-0.15, -0.1) is 6.58 Å². The van der Waals surface area contributed by atoms with Crippen molar-refractivity contribution in [1.29, 1.82) is 0 Å². The highest BCUT2D eigenvalue weighted by atomic mass is 32.2. The average molecular weight is 402 g/mol. The lowest BCUT2D eigenvalue weighted by Gasteiger charge is -2.09. The van der Waals surface area contributed by atoms with Crippen LogP contribution in [0.25, 0.3) is 0 Å². The maximum Gasteiger partial charge on any atom is 0.338 e. The van der Waals surface area contributed by atoms with E-state index in [0.29, 0.717) is 5.69 Å². The number of nitrogens with one attached hydrogen (secondary N) is 2. The number of ether oxygens (including phenoxy) is 1. The van der Waals surface area contributed by atoms with Crippen molar-refractivity contribution >= 4 is 27.6 Å². The van der Waals surface area contributed by atoms with Gasteiger partial charge in [-0.1, -0.05) is 12.1 Å². The molecule has 148 valence electrons. The van der Waals surface area contributed by atoms with Gasteiger partial charge in [0.2, 0.25) is 10.0 Å². The summed E-state index contributed by atoms with van der Waals surface area (Å²) in [6, 6.07) is 10.7. The molecule has 0 unspecified atom stereocenters. The number of sulfonamides is 1. The Bertz CT molecular complexity index is 982. The largest absolute Gasteiger partial charge is 0.452 e. The van der Waals surface area contributed by atoms with Gasteiger partial charge in [-0.25, -0.2) is 17.9 Å². The molecule has 0 aromatic heterocycles. The molecule has 8 heteroatoms. The first-order valence-corrected chi connectivity index (χ1v) is 9.96. The zero-order valence-electron chi connectivity index (χ0n) is 15.7. The number of rotatable bonds is 8. The second-order valence-corrected chi connectivity index (χ2v) is 7.86. The number of hydrogen-bond donors (Lipinski definition) is 2. The number of amides is 1. The molecule has 0 atom stereocenters. The summed E-state index contributed by atoms with van der Waals surface area (Å²) in [4.78, 5) is 24.0.